The molecule has 0 saturated carbocycles. The molecule has 0 spiro atoms. The Balaban J connectivity index is 3.09. The van der Waals surface area contributed by atoms with Gasteiger partial charge in [-0.05, 0) is 18.6 Å². The Bertz CT molecular complexity index is 335. The van der Waals surface area contributed by atoms with Gasteiger partial charge in [0.2, 0.25) is 0 Å². The molecule has 2 N–H and O–H groups in total. The molecule has 0 unspecified atom stereocenters. The number of carbonyl (C=O) groups is 1. The molecule has 0 aliphatic carbocycles. The standard InChI is InChI=1S/C8H12N4O/c1-5-4-6(9)10-11-7(5)8(13)12(2)3/h4H,1-3H3,(H2,9,10). The van der Waals surface area contributed by atoms with Gasteiger partial charge in [-0.1, -0.05) is 0 Å². The van der Waals surface area contributed by atoms with Gasteiger partial charge in [0.15, 0.2) is 5.69 Å². The quantitative estimate of drug-likeness (QED) is 0.663. The molecule has 1 heterocycles. The SMILES string of the molecule is Cc1cc(N)nnc1C(=O)N(C)C. The Hall–Kier alpha value is -1.65. The van der Waals surface area contributed by atoms with Crippen molar-refractivity contribution in [1.82, 2.24) is 15.1 Å². The van der Waals surface area contributed by atoms with Crippen LogP contribution in [0.4, 0.5) is 5.82 Å². The molecular weight excluding hydrogens is 168 g/mol. The topological polar surface area (TPSA) is 72.1 Å². The third-order valence-corrected chi connectivity index (χ3v) is 1.61. The highest BCUT2D eigenvalue weighted by Gasteiger charge is 2.13. The molecule has 1 aromatic heterocycles. The molecule has 5 heteroatoms. The number of nitrogen functional groups attached to an aromatic ring is 1. The lowest BCUT2D eigenvalue weighted by molar-refractivity contribution is 0.0820. The second-order valence-corrected chi connectivity index (χ2v) is 3.00. The molecule has 1 amide bonds. The van der Waals surface area contributed by atoms with E-state index in [1.54, 1.807) is 27.1 Å². The predicted octanol–water partition coefficient (Wildman–Crippen LogP) is 0.0690. The van der Waals surface area contributed by atoms with Crippen LogP contribution in [0, 0.1) is 6.92 Å². The van der Waals surface area contributed by atoms with Crippen LogP contribution in [0.2, 0.25) is 0 Å². The Labute approximate surface area is 76.6 Å². The molecule has 0 bridgehead atoms. The summed E-state index contributed by atoms with van der Waals surface area (Å²) in [5.74, 6) is 0.165. The lowest BCUT2D eigenvalue weighted by Crippen LogP contribution is -2.24. The molecule has 5 nitrogen and oxygen atoms in total. The highest BCUT2D eigenvalue weighted by molar-refractivity contribution is 5.93. The van der Waals surface area contributed by atoms with E-state index in [1.165, 1.54) is 4.90 Å². The van der Waals surface area contributed by atoms with E-state index < -0.39 is 0 Å². The first kappa shape index (κ1) is 9.44. The summed E-state index contributed by atoms with van der Waals surface area (Å²) in [6.45, 7) is 1.78. The van der Waals surface area contributed by atoms with Crippen LogP contribution in [0.15, 0.2) is 6.07 Å². The molecule has 1 aromatic rings. The zero-order chi connectivity index (χ0) is 10.0. The van der Waals surface area contributed by atoms with Crippen molar-refractivity contribution >= 4 is 11.7 Å². The molecule has 1 rings (SSSR count). The molecule has 0 atom stereocenters. The van der Waals surface area contributed by atoms with Crippen molar-refractivity contribution in [3.63, 3.8) is 0 Å². The fourth-order valence-corrected chi connectivity index (χ4v) is 0.929. The van der Waals surface area contributed by atoms with E-state index in [0.717, 1.165) is 5.56 Å². The van der Waals surface area contributed by atoms with Crippen LogP contribution >= 0.6 is 0 Å². The van der Waals surface area contributed by atoms with Gasteiger partial charge in [0, 0.05) is 14.1 Å². The molecule has 0 radical (unpaired) electrons. The fraction of sp³-hybridized carbons (Fsp3) is 0.375. The second-order valence-electron chi connectivity index (χ2n) is 3.00. The number of aryl methyl sites for hydroxylation is 1. The van der Waals surface area contributed by atoms with Crippen LogP contribution in [-0.4, -0.2) is 35.1 Å². The lowest BCUT2D eigenvalue weighted by atomic mass is 10.2. The number of hydrogen-bond acceptors (Lipinski definition) is 4. The average Bonchev–Trinajstić information content (AvgIpc) is 2.03. The normalized spacial score (nSPS) is 9.77. The van der Waals surface area contributed by atoms with Gasteiger partial charge in [-0.2, -0.15) is 0 Å². The van der Waals surface area contributed by atoms with Crippen LogP contribution in [0.25, 0.3) is 0 Å². The minimum absolute atomic E-state index is 0.162. The summed E-state index contributed by atoms with van der Waals surface area (Å²) < 4.78 is 0. The van der Waals surface area contributed by atoms with Gasteiger partial charge in [-0.3, -0.25) is 4.79 Å². The lowest BCUT2D eigenvalue weighted by Gasteiger charge is -2.10. The molecule has 70 valence electrons. The number of aromatic nitrogens is 2. The fourth-order valence-electron chi connectivity index (χ4n) is 0.929. The third-order valence-electron chi connectivity index (χ3n) is 1.61. The molecular formula is C8H12N4O. The van der Waals surface area contributed by atoms with E-state index in [9.17, 15) is 4.79 Å². The number of nitrogens with zero attached hydrogens (tertiary/aromatic N) is 3. The largest absolute Gasteiger partial charge is 0.382 e. The van der Waals surface area contributed by atoms with Crippen molar-refractivity contribution in [3.05, 3.63) is 17.3 Å². The van der Waals surface area contributed by atoms with Crippen molar-refractivity contribution in [2.75, 3.05) is 19.8 Å². The Kier molecular flexibility index (Phi) is 2.46. The number of hydrogen-bond donors (Lipinski definition) is 1. The van der Waals surface area contributed by atoms with E-state index >= 15 is 0 Å². The van der Waals surface area contributed by atoms with Crippen molar-refractivity contribution in [1.29, 1.82) is 0 Å². The first-order valence-electron chi connectivity index (χ1n) is 3.84. The van der Waals surface area contributed by atoms with E-state index in [1.807, 2.05) is 0 Å². The van der Waals surface area contributed by atoms with Gasteiger partial charge in [0.1, 0.15) is 5.82 Å². The van der Waals surface area contributed by atoms with Crippen molar-refractivity contribution in [2.45, 2.75) is 6.92 Å². The van der Waals surface area contributed by atoms with Gasteiger partial charge >= 0.3 is 0 Å². The maximum Gasteiger partial charge on any atom is 0.274 e. The van der Waals surface area contributed by atoms with Crippen molar-refractivity contribution < 1.29 is 4.79 Å². The second kappa shape index (κ2) is 3.38. The smallest absolute Gasteiger partial charge is 0.274 e. The molecule has 0 aliphatic rings. The maximum absolute atomic E-state index is 11.5. The van der Waals surface area contributed by atoms with Gasteiger partial charge in [-0.15, -0.1) is 10.2 Å². The first-order valence-corrected chi connectivity index (χ1v) is 3.84. The molecule has 0 aromatic carbocycles. The number of nitrogens with two attached hydrogens (primary N) is 1. The van der Waals surface area contributed by atoms with Gasteiger partial charge in [-0.25, -0.2) is 0 Å². The first-order chi connectivity index (χ1) is 6.02. The number of anilines is 1. The number of rotatable bonds is 1. The summed E-state index contributed by atoms with van der Waals surface area (Å²) in [5.41, 5.74) is 6.49. The Morgan fingerprint density at radius 3 is 2.54 bits per heavy atom. The summed E-state index contributed by atoms with van der Waals surface area (Å²) >= 11 is 0. The minimum atomic E-state index is -0.162. The van der Waals surface area contributed by atoms with E-state index in [-0.39, 0.29) is 5.91 Å². The van der Waals surface area contributed by atoms with Crippen LogP contribution in [0.3, 0.4) is 0 Å². The third kappa shape index (κ3) is 1.93. The average molecular weight is 180 g/mol. The zero-order valence-electron chi connectivity index (χ0n) is 7.90. The summed E-state index contributed by atoms with van der Waals surface area (Å²) in [6.07, 6.45) is 0. The van der Waals surface area contributed by atoms with Crippen LogP contribution in [0.5, 0.6) is 0 Å². The Morgan fingerprint density at radius 2 is 2.08 bits per heavy atom. The monoisotopic (exact) mass is 180 g/mol. The minimum Gasteiger partial charge on any atom is -0.382 e. The molecule has 13 heavy (non-hydrogen) atoms. The predicted molar refractivity (Wildman–Crippen MR) is 49.2 cm³/mol. The molecule has 0 saturated heterocycles. The zero-order valence-corrected chi connectivity index (χ0v) is 7.90. The molecule has 0 aliphatic heterocycles. The van der Waals surface area contributed by atoms with E-state index in [0.29, 0.717) is 11.5 Å². The highest BCUT2D eigenvalue weighted by Crippen LogP contribution is 2.07. The van der Waals surface area contributed by atoms with Crippen LogP contribution < -0.4 is 5.73 Å². The summed E-state index contributed by atoms with van der Waals surface area (Å²) in [7, 11) is 3.33. The van der Waals surface area contributed by atoms with E-state index in [4.69, 9.17) is 5.73 Å². The van der Waals surface area contributed by atoms with Crippen LogP contribution in [0.1, 0.15) is 16.1 Å². The highest BCUT2D eigenvalue weighted by atomic mass is 16.2. The van der Waals surface area contributed by atoms with Gasteiger partial charge in [0.05, 0.1) is 0 Å². The maximum atomic E-state index is 11.5. The summed E-state index contributed by atoms with van der Waals surface area (Å²) in [6, 6.07) is 1.63. The summed E-state index contributed by atoms with van der Waals surface area (Å²) in [4.78, 5) is 12.9. The van der Waals surface area contributed by atoms with Crippen molar-refractivity contribution in [3.8, 4) is 0 Å². The van der Waals surface area contributed by atoms with Gasteiger partial charge in [0.25, 0.3) is 5.91 Å². The number of amides is 1. The molecule has 0 fully saturated rings. The number of carbonyl (C=O) groups excluding carboxylic acids is 1. The van der Waals surface area contributed by atoms with Gasteiger partial charge < -0.3 is 10.6 Å². The summed E-state index contributed by atoms with van der Waals surface area (Å²) in [5, 5.41) is 7.36. The van der Waals surface area contributed by atoms with E-state index in [2.05, 4.69) is 10.2 Å². The van der Waals surface area contributed by atoms with Crippen LogP contribution in [-0.2, 0) is 0 Å². The Morgan fingerprint density at radius 1 is 1.46 bits per heavy atom. The van der Waals surface area contributed by atoms with Crippen molar-refractivity contribution in [2.24, 2.45) is 0 Å².